The SMILES string of the molecule is Cc1cc(C)cc(Nc2cc(CC(=O)O)nc3ccccc23)c1. The highest BCUT2D eigenvalue weighted by molar-refractivity contribution is 5.93. The summed E-state index contributed by atoms with van der Waals surface area (Å²) in [4.78, 5) is 15.4. The average Bonchev–Trinajstić information content (AvgIpc) is 2.45. The quantitative estimate of drug-likeness (QED) is 0.757. The predicted octanol–water partition coefficient (Wildman–Crippen LogP) is 4.22. The molecule has 0 radical (unpaired) electrons. The standard InChI is InChI=1S/C19H18N2O2/c1-12-7-13(2)9-14(8-12)21-18-10-15(11-19(22)23)20-17-6-4-3-5-16(17)18/h3-10H,11H2,1-2H3,(H,20,21)(H,22,23). The van der Waals surface area contributed by atoms with Gasteiger partial charge in [-0.05, 0) is 49.2 Å². The van der Waals surface area contributed by atoms with Crippen LogP contribution >= 0.6 is 0 Å². The molecular formula is C19H18N2O2. The van der Waals surface area contributed by atoms with Gasteiger partial charge >= 0.3 is 5.97 Å². The lowest BCUT2D eigenvalue weighted by Gasteiger charge is -2.13. The van der Waals surface area contributed by atoms with Crippen molar-refractivity contribution in [1.82, 2.24) is 4.98 Å². The van der Waals surface area contributed by atoms with E-state index >= 15 is 0 Å². The number of carboxylic acids is 1. The highest BCUT2D eigenvalue weighted by Gasteiger charge is 2.09. The highest BCUT2D eigenvalue weighted by atomic mass is 16.4. The van der Waals surface area contributed by atoms with Crippen LogP contribution in [0.25, 0.3) is 10.9 Å². The molecule has 1 heterocycles. The first-order valence-electron chi connectivity index (χ1n) is 7.47. The van der Waals surface area contributed by atoms with Gasteiger partial charge in [0.05, 0.1) is 17.6 Å². The fourth-order valence-corrected chi connectivity index (χ4v) is 2.78. The van der Waals surface area contributed by atoms with Gasteiger partial charge in [0.15, 0.2) is 0 Å². The summed E-state index contributed by atoms with van der Waals surface area (Å²) in [5.41, 5.74) is 5.55. The molecule has 0 saturated carbocycles. The molecule has 0 aliphatic rings. The van der Waals surface area contributed by atoms with Gasteiger partial charge in [0.25, 0.3) is 0 Å². The van der Waals surface area contributed by atoms with Crippen LogP contribution in [0.5, 0.6) is 0 Å². The van der Waals surface area contributed by atoms with Crippen LogP contribution in [0, 0.1) is 13.8 Å². The minimum absolute atomic E-state index is 0.0909. The van der Waals surface area contributed by atoms with Crippen LogP contribution in [0.2, 0.25) is 0 Å². The van der Waals surface area contributed by atoms with E-state index in [1.807, 2.05) is 30.3 Å². The number of carboxylic acid groups (broad SMARTS) is 1. The number of hydrogen-bond donors (Lipinski definition) is 2. The maximum Gasteiger partial charge on any atom is 0.309 e. The zero-order chi connectivity index (χ0) is 16.4. The summed E-state index contributed by atoms with van der Waals surface area (Å²) in [5.74, 6) is -0.884. The molecule has 0 aliphatic heterocycles. The normalized spacial score (nSPS) is 10.7. The topological polar surface area (TPSA) is 62.2 Å². The van der Waals surface area contributed by atoms with E-state index in [2.05, 4.69) is 42.3 Å². The molecule has 2 aromatic carbocycles. The lowest BCUT2D eigenvalue weighted by Crippen LogP contribution is -2.04. The maximum atomic E-state index is 11.0. The van der Waals surface area contributed by atoms with Gasteiger partial charge in [0, 0.05) is 16.8 Å². The summed E-state index contributed by atoms with van der Waals surface area (Å²) < 4.78 is 0. The van der Waals surface area contributed by atoms with E-state index in [9.17, 15) is 4.79 Å². The largest absolute Gasteiger partial charge is 0.481 e. The summed E-state index contributed by atoms with van der Waals surface area (Å²) in [6.07, 6.45) is -0.0909. The monoisotopic (exact) mass is 306 g/mol. The van der Waals surface area contributed by atoms with E-state index in [1.165, 1.54) is 11.1 Å². The Balaban J connectivity index is 2.08. The Hall–Kier alpha value is -2.88. The van der Waals surface area contributed by atoms with Crippen LogP contribution in [0.15, 0.2) is 48.5 Å². The van der Waals surface area contributed by atoms with Crippen LogP contribution < -0.4 is 5.32 Å². The van der Waals surface area contributed by atoms with E-state index < -0.39 is 5.97 Å². The van der Waals surface area contributed by atoms with E-state index in [4.69, 9.17) is 5.11 Å². The molecule has 0 atom stereocenters. The molecule has 3 aromatic rings. The van der Waals surface area contributed by atoms with Gasteiger partial charge < -0.3 is 10.4 Å². The van der Waals surface area contributed by atoms with Gasteiger partial charge in [-0.1, -0.05) is 24.3 Å². The number of pyridine rings is 1. The van der Waals surface area contributed by atoms with Gasteiger partial charge in [0.1, 0.15) is 0 Å². The number of para-hydroxylation sites is 1. The molecule has 4 nitrogen and oxygen atoms in total. The Morgan fingerprint density at radius 3 is 2.48 bits per heavy atom. The second kappa shape index (κ2) is 6.08. The molecule has 23 heavy (non-hydrogen) atoms. The Bertz CT molecular complexity index is 867. The number of rotatable bonds is 4. The number of hydrogen-bond acceptors (Lipinski definition) is 3. The molecule has 0 aliphatic carbocycles. The molecule has 116 valence electrons. The average molecular weight is 306 g/mol. The van der Waals surface area contributed by atoms with Crippen LogP contribution in [0.4, 0.5) is 11.4 Å². The zero-order valence-corrected chi connectivity index (χ0v) is 13.1. The van der Waals surface area contributed by atoms with E-state index in [-0.39, 0.29) is 6.42 Å². The van der Waals surface area contributed by atoms with Crippen molar-refractivity contribution >= 4 is 28.2 Å². The molecule has 0 saturated heterocycles. The molecule has 4 heteroatoms. The number of aryl methyl sites for hydroxylation is 2. The van der Waals surface area contributed by atoms with Crippen LogP contribution in [-0.4, -0.2) is 16.1 Å². The zero-order valence-electron chi connectivity index (χ0n) is 13.1. The summed E-state index contributed by atoms with van der Waals surface area (Å²) in [7, 11) is 0. The lowest BCUT2D eigenvalue weighted by atomic mass is 10.1. The fraction of sp³-hybridized carbons (Fsp3) is 0.158. The number of carbonyl (C=O) groups is 1. The molecule has 0 spiro atoms. The molecule has 1 aromatic heterocycles. The first kappa shape index (κ1) is 15.0. The fourth-order valence-electron chi connectivity index (χ4n) is 2.78. The van der Waals surface area contributed by atoms with Crippen molar-refractivity contribution < 1.29 is 9.90 Å². The maximum absolute atomic E-state index is 11.0. The molecule has 2 N–H and O–H groups in total. The van der Waals surface area contributed by atoms with Crippen molar-refractivity contribution in [3.8, 4) is 0 Å². The number of fused-ring (bicyclic) bond motifs is 1. The van der Waals surface area contributed by atoms with Gasteiger partial charge in [-0.25, -0.2) is 0 Å². The number of aromatic nitrogens is 1. The van der Waals surface area contributed by atoms with Crippen molar-refractivity contribution in [1.29, 1.82) is 0 Å². The summed E-state index contributed by atoms with van der Waals surface area (Å²) in [5, 5.41) is 13.4. The Labute approximate surface area is 134 Å². The third-order valence-electron chi connectivity index (χ3n) is 3.60. The van der Waals surface area contributed by atoms with Crippen molar-refractivity contribution in [2.24, 2.45) is 0 Å². The summed E-state index contributed by atoms with van der Waals surface area (Å²) in [6.45, 7) is 4.11. The van der Waals surface area contributed by atoms with E-state index in [1.54, 1.807) is 0 Å². The minimum atomic E-state index is -0.884. The van der Waals surface area contributed by atoms with Crippen molar-refractivity contribution in [3.63, 3.8) is 0 Å². The van der Waals surface area contributed by atoms with E-state index in [0.717, 1.165) is 22.3 Å². The molecule has 0 fully saturated rings. The third-order valence-corrected chi connectivity index (χ3v) is 3.60. The molecule has 0 bridgehead atoms. The van der Waals surface area contributed by atoms with Crippen LogP contribution in [0.3, 0.4) is 0 Å². The van der Waals surface area contributed by atoms with Gasteiger partial charge in [-0.15, -0.1) is 0 Å². The predicted molar refractivity (Wildman–Crippen MR) is 92.3 cm³/mol. The smallest absolute Gasteiger partial charge is 0.309 e. The van der Waals surface area contributed by atoms with Crippen LogP contribution in [0.1, 0.15) is 16.8 Å². The number of aliphatic carboxylic acids is 1. The first-order valence-corrected chi connectivity index (χ1v) is 7.47. The Morgan fingerprint density at radius 2 is 1.78 bits per heavy atom. The highest BCUT2D eigenvalue weighted by Crippen LogP contribution is 2.27. The number of nitrogens with one attached hydrogen (secondary N) is 1. The van der Waals surface area contributed by atoms with Crippen molar-refractivity contribution in [2.75, 3.05) is 5.32 Å². The number of anilines is 2. The minimum Gasteiger partial charge on any atom is -0.481 e. The lowest BCUT2D eigenvalue weighted by molar-refractivity contribution is -0.136. The van der Waals surface area contributed by atoms with Gasteiger partial charge in [0.2, 0.25) is 0 Å². The first-order chi connectivity index (χ1) is 11.0. The van der Waals surface area contributed by atoms with Gasteiger partial charge in [-0.3, -0.25) is 9.78 Å². The molecule has 0 unspecified atom stereocenters. The molecule has 3 rings (SSSR count). The second-order valence-corrected chi connectivity index (χ2v) is 5.75. The molecular weight excluding hydrogens is 288 g/mol. The number of nitrogens with zero attached hydrogens (tertiary/aromatic N) is 1. The van der Waals surface area contributed by atoms with Crippen molar-refractivity contribution in [2.45, 2.75) is 20.3 Å². The number of benzene rings is 2. The van der Waals surface area contributed by atoms with Crippen LogP contribution in [-0.2, 0) is 11.2 Å². The summed E-state index contributed by atoms with van der Waals surface area (Å²) >= 11 is 0. The Morgan fingerprint density at radius 1 is 1.09 bits per heavy atom. The molecule has 0 amide bonds. The van der Waals surface area contributed by atoms with Crippen molar-refractivity contribution in [3.05, 3.63) is 65.4 Å². The van der Waals surface area contributed by atoms with E-state index in [0.29, 0.717) is 5.69 Å². The van der Waals surface area contributed by atoms with Gasteiger partial charge in [-0.2, -0.15) is 0 Å². The third kappa shape index (κ3) is 3.48. The summed E-state index contributed by atoms with van der Waals surface area (Å²) in [6, 6.07) is 15.8. The second-order valence-electron chi connectivity index (χ2n) is 5.75. The Kier molecular flexibility index (Phi) is 3.98.